The maximum absolute atomic E-state index is 11.5. The molecule has 0 aliphatic carbocycles. The minimum absolute atomic E-state index is 0.0102. The van der Waals surface area contributed by atoms with Crippen LogP contribution >= 0.6 is 23.5 Å². The zero-order valence-corrected chi connectivity index (χ0v) is 9.29. The number of aliphatic hydroxyl groups excluding tert-OH is 1. The van der Waals surface area contributed by atoms with Crippen molar-refractivity contribution in [3.63, 3.8) is 0 Å². The summed E-state index contributed by atoms with van der Waals surface area (Å²) in [6.45, 7) is 1.81. The van der Waals surface area contributed by atoms with Gasteiger partial charge in [0.25, 0.3) is 0 Å². The van der Waals surface area contributed by atoms with E-state index in [-0.39, 0.29) is 23.8 Å². The largest absolute Gasteiger partial charge is 0.394 e. The lowest BCUT2D eigenvalue weighted by Crippen LogP contribution is -2.42. The molecule has 0 bridgehead atoms. The van der Waals surface area contributed by atoms with Crippen molar-refractivity contribution >= 4 is 29.4 Å². The van der Waals surface area contributed by atoms with E-state index in [0.717, 1.165) is 17.3 Å². The molecule has 0 radical (unpaired) electrons. The summed E-state index contributed by atoms with van der Waals surface area (Å²) in [6, 6.07) is -0.125. The van der Waals surface area contributed by atoms with Gasteiger partial charge >= 0.3 is 0 Å². The van der Waals surface area contributed by atoms with E-state index in [2.05, 4.69) is 5.32 Å². The minimum atomic E-state index is -0.125. The van der Waals surface area contributed by atoms with E-state index in [9.17, 15) is 4.79 Å². The molecule has 1 rings (SSSR count). The summed E-state index contributed by atoms with van der Waals surface area (Å²) in [7, 11) is 0. The van der Waals surface area contributed by atoms with Gasteiger partial charge in [0.05, 0.1) is 11.9 Å². The molecule has 13 heavy (non-hydrogen) atoms. The average Bonchev–Trinajstić information content (AvgIpc) is 2.19. The van der Waals surface area contributed by atoms with E-state index >= 15 is 0 Å². The van der Waals surface area contributed by atoms with Crippen LogP contribution in [0.3, 0.4) is 0 Å². The smallest absolute Gasteiger partial charge is 0.234 e. The summed E-state index contributed by atoms with van der Waals surface area (Å²) in [6.07, 6.45) is 0. The SMILES string of the molecule is C[C@@H](CO)NC(=O)C1CSCCS1. The van der Waals surface area contributed by atoms with Crippen LogP contribution in [-0.4, -0.2) is 46.2 Å². The number of amides is 1. The molecule has 0 aromatic heterocycles. The summed E-state index contributed by atoms with van der Waals surface area (Å²) in [5.41, 5.74) is 0. The zero-order chi connectivity index (χ0) is 9.68. The van der Waals surface area contributed by atoms with Crippen LogP contribution < -0.4 is 5.32 Å². The second kappa shape index (κ2) is 5.78. The van der Waals surface area contributed by atoms with Gasteiger partial charge in [-0.3, -0.25) is 4.79 Å². The fraction of sp³-hybridized carbons (Fsp3) is 0.875. The van der Waals surface area contributed by atoms with Gasteiger partial charge < -0.3 is 10.4 Å². The molecule has 5 heteroatoms. The van der Waals surface area contributed by atoms with Gasteiger partial charge in [0.1, 0.15) is 0 Å². The highest BCUT2D eigenvalue weighted by Crippen LogP contribution is 2.23. The molecular weight excluding hydrogens is 206 g/mol. The third kappa shape index (κ3) is 3.79. The van der Waals surface area contributed by atoms with Crippen LogP contribution in [0.1, 0.15) is 6.92 Å². The van der Waals surface area contributed by atoms with Crippen LogP contribution in [0, 0.1) is 0 Å². The molecule has 1 fully saturated rings. The lowest BCUT2D eigenvalue weighted by Gasteiger charge is -2.21. The highest BCUT2D eigenvalue weighted by molar-refractivity contribution is 8.07. The lowest BCUT2D eigenvalue weighted by atomic mass is 10.3. The van der Waals surface area contributed by atoms with Crippen molar-refractivity contribution in [1.82, 2.24) is 5.32 Å². The molecule has 0 aromatic rings. The number of carbonyl (C=O) groups excluding carboxylic acids is 1. The Morgan fingerprint density at radius 3 is 3.00 bits per heavy atom. The highest BCUT2D eigenvalue weighted by Gasteiger charge is 2.22. The third-order valence-corrected chi connectivity index (χ3v) is 4.53. The first-order chi connectivity index (χ1) is 6.24. The summed E-state index contributed by atoms with van der Waals surface area (Å²) in [5.74, 6) is 3.16. The van der Waals surface area contributed by atoms with Gasteiger partial charge in [-0.15, -0.1) is 11.8 Å². The van der Waals surface area contributed by atoms with Crippen molar-refractivity contribution in [3.8, 4) is 0 Å². The fourth-order valence-corrected chi connectivity index (χ4v) is 3.59. The topological polar surface area (TPSA) is 49.3 Å². The first kappa shape index (κ1) is 11.2. The van der Waals surface area contributed by atoms with Crippen LogP contribution in [0.15, 0.2) is 0 Å². The van der Waals surface area contributed by atoms with Crippen LogP contribution in [0.4, 0.5) is 0 Å². The Bertz CT molecular complexity index is 172. The predicted molar refractivity (Wildman–Crippen MR) is 58.3 cm³/mol. The minimum Gasteiger partial charge on any atom is -0.394 e. The van der Waals surface area contributed by atoms with Crippen LogP contribution in [0.25, 0.3) is 0 Å². The molecule has 76 valence electrons. The van der Waals surface area contributed by atoms with Crippen LogP contribution in [0.2, 0.25) is 0 Å². The molecule has 1 aliphatic heterocycles. The van der Waals surface area contributed by atoms with E-state index in [4.69, 9.17) is 5.11 Å². The van der Waals surface area contributed by atoms with Crippen LogP contribution in [0.5, 0.6) is 0 Å². The van der Waals surface area contributed by atoms with Crippen LogP contribution in [-0.2, 0) is 4.79 Å². The summed E-state index contributed by atoms with van der Waals surface area (Å²) in [4.78, 5) is 11.5. The predicted octanol–water partition coefficient (Wildman–Crippen LogP) is 0.332. The van der Waals surface area contributed by atoms with E-state index in [1.807, 2.05) is 11.8 Å². The van der Waals surface area contributed by atoms with E-state index in [0.29, 0.717) is 0 Å². The van der Waals surface area contributed by atoms with E-state index < -0.39 is 0 Å². The van der Waals surface area contributed by atoms with Gasteiger partial charge in [-0.1, -0.05) is 0 Å². The van der Waals surface area contributed by atoms with Gasteiger partial charge in [-0.25, -0.2) is 0 Å². The Labute approximate surface area is 87.0 Å². The molecule has 1 aliphatic rings. The first-order valence-corrected chi connectivity index (χ1v) is 6.55. The summed E-state index contributed by atoms with van der Waals surface area (Å²) in [5, 5.41) is 11.6. The molecule has 0 aromatic carbocycles. The Kier molecular flexibility index (Phi) is 4.98. The Morgan fingerprint density at radius 2 is 2.46 bits per heavy atom. The van der Waals surface area contributed by atoms with Gasteiger partial charge in [0.15, 0.2) is 0 Å². The third-order valence-electron chi connectivity index (χ3n) is 1.77. The average molecular weight is 221 g/mol. The summed E-state index contributed by atoms with van der Waals surface area (Å²) >= 11 is 3.53. The molecule has 2 atom stereocenters. The first-order valence-electron chi connectivity index (χ1n) is 4.34. The molecule has 0 spiro atoms. The highest BCUT2D eigenvalue weighted by atomic mass is 32.2. The number of nitrogens with one attached hydrogen (secondary N) is 1. The second-order valence-corrected chi connectivity index (χ2v) is 5.49. The molecule has 3 nitrogen and oxygen atoms in total. The second-order valence-electron chi connectivity index (χ2n) is 3.03. The number of hydrogen-bond acceptors (Lipinski definition) is 4. The Morgan fingerprint density at radius 1 is 1.69 bits per heavy atom. The number of rotatable bonds is 3. The van der Waals surface area contributed by atoms with E-state index in [1.54, 1.807) is 18.7 Å². The Hall–Kier alpha value is 0.130. The maximum atomic E-state index is 11.5. The standard InChI is InChI=1S/C8H15NO2S2/c1-6(4-10)9-8(11)7-5-12-2-3-13-7/h6-7,10H,2-5H2,1H3,(H,9,11)/t6-,7?/m0/s1. The maximum Gasteiger partial charge on any atom is 0.234 e. The van der Waals surface area contributed by atoms with Crippen molar-refractivity contribution in [2.24, 2.45) is 0 Å². The van der Waals surface area contributed by atoms with Crippen molar-refractivity contribution in [1.29, 1.82) is 0 Å². The fourth-order valence-electron chi connectivity index (χ4n) is 1.02. The normalized spacial score (nSPS) is 25.2. The molecular formula is C8H15NO2S2. The van der Waals surface area contributed by atoms with E-state index in [1.165, 1.54) is 0 Å². The molecule has 2 N–H and O–H groups in total. The quantitative estimate of drug-likeness (QED) is 0.721. The number of hydrogen-bond donors (Lipinski definition) is 2. The van der Waals surface area contributed by atoms with Crippen molar-refractivity contribution in [2.45, 2.75) is 18.2 Å². The van der Waals surface area contributed by atoms with Crippen molar-refractivity contribution in [2.75, 3.05) is 23.9 Å². The molecule has 1 amide bonds. The lowest BCUT2D eigenvalue weighted by molar-refractivity contribution is -0.121. The molecule has 1 saturated heterocycles. The molecule has 0 saturated carbocycles. The molecule has 1 unspecified atom stereocenters. The Balaban J connectivity index is 2.29. The van der Waals surface area contributed by atoms with Gasteiger partial charge in [0, 0.05) is 23.3 Å². The number of thioether (sulfide) groups is 2. The van der Waals surface area contributed by atoms with Gasteiger partial charge in [0.2, 0.25) is 5.91 Å². The number of aliphatic hydroxyl groups is 1. The monoisotopic (exact) mass is 221 g/mol. The van der Waals surface area contributed by atoms with Gasteiger partial charge in [-0.2, -0.15) is 11.8 Å². The zero-order valence-electron chi connectivity index (χ0n) is 7.66. The number of carbonyl (C=O) groups is 1. The summed E-state index contributed by atoms with van der Waals surface area (Å²) < 4.78 is 0. The van der Waals surface area contributed by atoms with Crippen molar-refractivity contribution in [3.05, 3.63) is 0 Å². The molecule has 1 heterocycles. The van der Waals surface area contributed by atoms with Crippen molar-refractivity contribution < 1.29 is 9.90 Å². The van der Waals surface area contributed by atoms with Gasteiger partial charge in [-0.05, 0) is 6.92 Å².